The van der Waals surface area contributed by atoms with Crippen LogP contribution in [0.3, 0.4) is 0 Å². The third-order valence-electron chi connectivity index (χ3n) is 4.28. The highest BCUT2D eigenvalue weighted by Gasteiger charge is 2.35. The first kappa shape index (κ1) is 19.9. The molecular weight excluding hydrogens is 369 g/mol. The summed E-state index contributed by atoms with van der Waals surface area (Å²) in [4.78, 5) is 16.7. The average molecular weight is 392 g/mol. The lowest BCUT2D eigenvalue weighted by Crippen LogP contribution is -2.55. The van der Waals surface area contributed by atoms with Crippen molar-refractivity contribution in [3.05, 3.63) is 29.0 Å². The van der Waals surface area contributed by atoms with E-state index in [1.54, 1.807) is 11.8 Å². The Morgan fingerprint density at radius 2 is 1.92 bits per heavy atom. The summed E-state index contributed by atoms with van der Waals surface area (Å²) in [5.41, 5.74) is 0.184. The summed E-state index contributed by atoms with van der Waals surface area (Å²) in [6, 6.07) is 2.77. The van der Waals surface area contributed by atoms with Crippen molar-refractivity contribution in [1.29, 1.82) is 0 Å². The number of benzene rings is 1. The summed E-state index contributed by atoms with van der Waals surface area (Å²) in [5.74, 6) is -0.890. The molecule has 1 atom stereocenters. The molecule has 140 valence electrons. The van der Waals surface area contributed by atoms with E-state index in [9.17, 15) is 17.6 Å². The van der Waals surface area contributed by atoms with E-state index in [-0.39, 0.29) is 16.6 Å². The number of amides is 1. The van der Waals surface area contributed by atoms with Gasteiger partial charge in [0.1, 0.15) is 11.9 Å². The van der Waals surface area contributed by atoms with Gasteiger partial charge in [0.25, 0.3) is 0 Å². The Balaban J connectivity index is 2.37. The number of carbonyl (C=O) groups excluding carboxylic acids is 1. The van der Waals surface area contributed by atoms with Gasteiger partial charge in [-0.1, -0.05) is 18.5 Å². The highest BCUT2D eigenvalue weighted by molar-refractivity contribution is 7.92. The van der Waals surface area contributed by atoms with Gasteiger partial charge in [0.05, 0.1) is 17.0 Å². The smallest absolute Gasteiger partial charge is 0.246 e. The van der Waals surface area contributed by atoms with E-state index in [1.165, 1.54) is 12.1 Å². The number of hydrogen-bond acceptors (Lipinski definition) is 4. The second-order valence-electron chi connectivity index (χ2n) is 6.21. The zero-order valence-electron chi connectivity index (χ0n) is 14.6. The number of anilines is 1. The van der Waals surface area contributed by atoms with Gasteiger partial charge in [0, 0.05) is 26.2 Å². The molecule has 1 amide bonds. The van der Waals surface area contributed by atoms with Gasteiger partial charge < -0.3 is 9.80 Å². The van der Waals surface area contributed by atoms with Crippen molar-refractivity contribution in [3.63, 3.8) is 0 Å². The lowest BCUT2D eigenvalue weighted by molar-refractivity contribution is -0.134. The summed E-state index contributed by atoms with van der Waals surface area (Å²) < 4.78 is 39.2. The highest BCUT2D eigenvalue weighted by atomic mass is 35.5. The number of sulfonamides is 1. The molecule has 1 aromatic rings. The van der Waals surface area contributed by atoms with Crippen LogP contribution >= 0.6 is 11.6 Å². The summed E-state index contributed by atoms with van der Waals surface area (Å²) in [6.07, 6.45) is 1.33. The first-order valence-electron chi connectivity index (χ1n) is 8.07. The van der Waals surface area contributed by atoms with Crippen molar-refractivity contribution >= 4 is 33.2 Å². The van der Waals surface area contributed by atoms with Crippen LogP contribution in [0.25, 0.3) is 0 Å². The first-order chi connectivity index (χ1) is 11.6. The SMILES string of the molecule is CC[C@@H](C(=O)N1CCN(C)CC1)N(c1ccc(F)c(Cl)c1)S(C)(=O)=O. The number of carbonyl (C=O) groups is 1. The molecule has 1 aliphatic heterocycles. The number of likely N-dealkylation sites (N-methyl/N-ethyl adjacent to an activating group) is 1. The third-order valence-corrected chi connectivity index (χ3v) is 5.75. The zero-order valence-corrected chi connectivity index (χ0v) is 16.1. The topological polar surface area (TPSA) is 60.9 Å². The number of rotatable bonds is 5. The fourth-order valence-corrected chi connectivity index (χ4v) is 4.28. The normalized spacial score (nSPS) is 17.4. The van der Waals surface area contributed by atoms with Crippen molar-refractivity contribution in [2.24, 2.45) is 0 Å². The largest absolute Gasteiger partial charge is 0.338 e. The average Bonchev–Trinajstić information content (AvgIpc) is 2.54. The maximum absolute atomic E-state index is 13.4. The lowest BCUT2D eigenvalue weighted by Gasteiger charge is -2.37. The minimum Gasteiger partial charge on any atom is -0.338 e. The molecule has 1 aliphatic rings. The second kappa shape index (κ2) is 7.88. The standard InChI is InChI=1S/C16H23ClFN3O3S/c1-4-15(16(22)20-9-7-19(2)8-10-20)21(25(3,23)24)12-5-6-14(18)13(17)11-12/h5-6,11,15H,4,7-10H2,1-3H3/t15-/m0/s1. The number of nitrogens with zero attached hydrogens (tertiary/aromatic N) is 3. The minimum absolute atomic E-state index is 0.184. The number of hydrogen-bond donors (Lipinski definition) is 0. The van der Waals surface area contributed by atoms with Crippen LogP contribution in [0, 0.1) is 5.82 Å². The van der Waals surface area contributed by atoms with E-state index in [4.69, 9.17) is 11.6 Å². The van der Waals surface area contributed by atoms with Crippen LogP contribution in [0.4, 0.5) is 10.1 Å². The fraction of sp³-hybridized carbons (Fsp3) is 0.562. The van der Waals surface area contributed by atoms with Crippen LogP contribution in [-0.4, -0.2) is 69.6 Å². The Hall–Kier alpha value is -1.38. The molecule has 0 N–H and O–H groups in total. The van der Waals surface area contributed by atoms with Crippen LogP contribution in [0.2, 0.25) is 5.02 Å². The molecule has 0 spiro atoms. The van der Waals surface area contributed by atoms with Gasteiger partial charge in [0.15, 0.2) is 0 Å². The molecule has 25 heavy (non-hydrogen) atoms. The summed E-state index contributed by atoms with van der Waals surface area (Å²) in [7, 11) is -1.78. The molecule has 1 heterocycles. The van der Waals surface area contributed by atoms with E-state index in [0.717, 1.165) is 29.7 Å². The molecule has 0 aromatic heterocycles. The molecule has 2 rings (SSSR count). The summed E-state index contributed by atoms with van der Waals surface area (Å²) in [6.45, 7) is 4.33. The molecule has 0 radical (unpaired) electrons. The van der Waals surface area contributed by atoms with Crippen LogP contribution < -0.4 is 4.31 Å². The summed E-state index contributed by atoms with van der Waals surface area (Å²) in [5, 5.41) is -0.187. The van der Waals surface area contributed by atoms with Gasteiger partial charge in [-0.05, 0) is 31.7 Å². The predicted molar refractivity (Wildman–Crippen MR) is 96.9 cm³/mol. The van der Waals surface area contributed by atoms with E-state index in [0.29, 0.717) is 19.5 Å². The Morgan fingerprint density at radius 3 is 2.40 bits per heavy atom. The van der Waals surface area contributed by atoms with Gasteiger partial charge >= 0.3 is 0 Å². The molecule has 0 aliphatic carbocycles. The van der Waals surface area contributed by atoms with Gasteiger partial charge in [-0.3, -0.25) is 9.10 Å². The van der Waals surface area contributed by atoms with Crippen molar-refractivity contribution in [1.82, 2.24) is 9.80 Å². The maximum atomic E-state index is 13.4. The quantitative estimate of drug-likeness (QED) is 0.767. The monoisotopic (exact) mass is 391 g/mol. The van der Waals surface area contributed by atoms with Crippen molar-refractivity contribution in [2.75, 3.05) is 43.8 Å². The van der Waals surface area contributed by atoms with E-state index >= 15 is 0 Å². The molecule has 1 saturated heterocycles. The molecule has 6 nitrogen and oxygen atoms in total. The lowest BCUT2D eigenvalue weighted by atomic mass is 10.1. The van der Waals surface area contributed by atoms with Crippen molar-refractivity contribution in [3.8, 4) is 0 Å². The van der Waals surface area contributed by atoms with Gasteiger partial charge in [-0.25, -0.2) is 12.8 Å². The second-order valence-corrected chi connectivity index (χ2v) is 8.48. The zero-order chi connectivity index (χ0) is 18.8. The Labute approximate surface area is 153 Å². The Morgan fingerprint density at radius 1 is 1.32 bits per heavy atom. The maximum Gasteiger partial charge on any atom is 0.246 e. The Kier molecular flexibility index (Phi) is 6.29. The molecule has 0 bridgehead atoms. The van der Waals surface area contributed by atoms with Crippen molar-refractivity contribution < 1.29 is 17.6 Å². The molecule has 0 unspecified atom stereocenters. The number of halogens is 2. The van der Waals surface area contributed by atoms with E-state index in [1.807, 2.05) is 7.05 Å². The van der Waals surface area contributed by atoms with Crippen LogP contribution in [-0.2, 0) is 14.8 Å². The van der Waals surface area contributed by atoms with Crippen molar-refractivity contribution in [2.45, 2.75) is 19.4 Å². The van der Waals surface area contributed by atoms with Gasteiger partial charge in [-0.15, -0.1) is 0 Å². The first-order valence-corrected chi connectivity index (χ1v) is 10.3. The van der Waals surface area contributed by atoms with E-state index < -0.39 is 21.9 Å². The highest BCUT2D eigenvalue weighted by Crippen LogP contribution is 2.28. The van der Waals surface area contributed by atoms with Crippen LogP contribution in [0.15, 0.2) is 18.2 Å². The molecule has 1 fully saturated rings. The van der Waals surface area contributed by atoms with Gasteiger partial charge in [0.2, 0.25) is 15.9 Å². The predicted octanol–water partition coefficient (Wildman–Crippen LogP) is 1.80. The molecule has 0 saturated carbocycles. The van der Waals surface area contributed by atoms with Crippen LogP contribution in [0.1, 0.15) is 13.3 Å². The summed E-state index contributed by atoms with van der Waals surface area (Å²) >= 11 is 5.80. The van der Waals surface area contributed by atoms with Crippen LogP contribution in [0.5, 0.6) is 0 Å². The molecule has 9 heteroatoms. The minimum atomic E-state index is -3.76. The molecule has 1 aromatic carbocycles. The van der Waals surface area contributed by atoms with E-state index in [2.05, 4.69) is 4.90 Å². The van der Waals surface area contributed by atoms with Gasteiger partial charge in [-0.2, -0.15) is 0 Å². The number of piperazine rings is 1. The molecular formula is C16H23ClFN3O3S. The fourth-order valence-electron chi connectivity index (χ4n) is 2.90. The Bertz CT molecular complexity index is 736. The third kappa shape index (κ3) is 4.62.